The molecular formula is C22H20FN3O2. The second kappa shape index (κ2) is 7.31. The summed E-state index contributed by atoms with van der Waals surface area (Å²) in [6, 6.07) is 16.7. The van der Waals surface area contributed by atoms with Gasteiger partial charge in [-0.3, -0.25) is 4.79 Å². The first-order chi connectivity index (χ1) is 13.5. The van der Waals surface area contributed by atoms with E-state index in [1.54, 1.807) is 24.3 Å². The molecule has 0 radical (unpaired) electrons. The van der Waals surface area contributed by atoms with Gasteiger partial charge in [0.05, 0.1) is 17.1 Å². The number of furan rings is 1. The number of rotatable bonds is 5. The van der Waals surface area contributed by atoms with Crippen molar-refractivity contribution in [3.63, 3.8) is 0 Å². The van der Waals surface area contributed by atoms with E-state index in [1.807, 2.05) is 38.1 Å². The van der Waals surface area contributed by atoms with Gasteiger partial charge in [0.15, 0.2) is 5.76 Å². The molecule has 0 aliphatic carbocycles. The Morgan fingerprint density at radius 1 is 1.07 bits per heavy atom. The number of imidazole rings is 1. The summed E-state index contributed by atoms with van der Waals surface area (Å²) in [5.74, 6) is 0.883. The lowest BCUT2D eigenvalue weighted by Crippen LogP contribution is -2.32. The van der Waals surface area contributed by atoms with Crippen LogP contribution in [0.15, 0.2) is 65.1 Å². The Bertz CT molecular complexity index is 1080. The standard InChI is InChI=1S/C22H20FN3O2/c1-13(2)20(21-24-16-5-3-4-6-17(16)25-21)26-22(27)19-12-11-18(28-19)14-7-9-15(23)10-8-14/h3-13,20H,1-2H3,(H,24,25)(H,26,27)/t20-/m0/s1. The summed E-state index contributed by atoms with van der Waals surface area (Å²) in [4.78, 5) is 20.6. The Morgan fingerprint density at radius 3 is 2.54 bits per heavy atom. The van der Waals surface area contributed by atoms with Crippen LogP contribution in [0.4, 0.5) is 4.39 Å². The molecule has 4 rings (SSSR count). The van der Waals surface area contributed by atoms with Crippen LogP contribution in [0.5, 0.6) is 0 Å². The third-order valence-corrected chi connectivity index (χ3v) is 4.61. The molecule has 2 aromatic heterocycles. The van der Waals surface area contributed by atoms with E-state index in [2.05, 4.69) is 15.3 Å². The van der Waals surface area contributed by atoms with Crippen molar-refractivity contribution in [1.29, 1.82) is 0 Å². The molecule has 0 fully saturated rings. The van der Waals surface area contributed by atoms with E-state index in [1.165, 1.54) is 12.1 Å². The van der Waals surface area contributed by atoms with Crippen LogP contribution < -0.4 is 5.32 Å². The van der Waals surface area contributed by atoms with Gasteiger partial charge < -0.3 is 14.7 Å². The minimum Gasteiger partial charge on any atom is -0.451 e. The molecule has 0 unspecified atom stereocenters. The molecular weight excluding hydrogens is 357 g/mol. The van der Waals surface area contributed by atoms with E-state index in [4.69, 9.17) is 4.42 Å². The van der Waals surface area contributed by atoms with Crippen LogP contribution in [0.25, 0.3) is 22.4 Å². The van der Waals surface area contributed by atoms with Crippen LogP contribution in [0.2, 0.25) is 0 Å². The molecule has 2 heterocycles. The number of carbonyl (C=O) groups excluding carboxylic acids is 1. The largest absolute Gasteiger partial charge is 0.451 e. The van der Waals surface area contributed by atoms with Crippen molar-refractivity contribution < 1.29 is 13.6 Å². The van der Waals surface area contributed by atoms with Crippen molar-refractivity contribution in [2.75, 3.05) is 0 Å². The Kier molecular flexibility index (Phi) is 4.69. The van der Waals surface area contributed by atoms with Crippen molar-refractivity contribution in [3.05, 3.63) is 78.1 Å². The van der Waals surface area contributed by atoms with Gasteiger partial charge in [-0.1, -0.05) is 26.0 Å². The molecule has 2 aromatic carbocycles. The number of para-hydroxylation sites is 2. The molecule has 0 saturated carbocycles. The van der Waals surface area contributed by atoms with Crippen molar-refractivity contribution in [3.8, 4) is 11.3 Å². The number of fused-ring (bicyclic) bond motifs is 1. The number of halogens is 1. The predicted molar refractivity (Wildman–Crippen MR) is 105 cm³/mol. The number of benzene rings is 2. The second-order valence-corrected chi connectivity index (χ2v) is 7.01. The molecule has 1 amide bonds. The molecule has 6 heteroatoms. The number of H-pyrrole nitrogens is 1. The van der Waals surface area contributed by atoms with E-state index >= 15 is 0 Å². The molecule has 0 spiro atoms. The zero-order valence-corrected chi connectivity index (χ0v) is 15.6. The Morgan fingerprint density at radius 2 is 1.82 bits per heavy atom. The first-order valence-corrected chi connectivity index (χ1v) is 9.12. The number of hydrogen-bond donors (Lipinski definition) is 2. The molecule has 4 aromatic rings. The van der Waals surface area contributed by atoms with Gasteiger partial charge in [-0.2, -0.15) is 0 Å². The maximum atomic E-state index is 13.1. The van der Waals surface area contributed by atoms with Gasteiger partial charge in [0.2, 0.25) is 0 Å². The quantitative estimate of drug-likeness (QED) is 0.509. The van der Waals surface area contributed by atoms with Crippen molar-refractivity contribution in [2.24, 2.45) is 5.92 Å². The van der Waals surface area contributed by atoms with Crippen LogP contribution in [0.1, 0.15) is 36.3 Å². The lowest BCUT2D eigenvalue weighted by molar-refractivity contribution is 0.0896. The van der Waals surface area contributed by atoms with Crippen molar-refractivity contribution in [2.45, 2.75) is 19.9 Å². The third kappa shape index (κ3) is 3.53. The van der Waals surface area contributed by atoms with Gasteiger partial charge in [0.25, 0.3) is 5.91 Å². The van der Waals surface area contributed by atoms with E-state index < -0.39 is 0 Å². The van der Waals surface area contributed by atoms with Crippen molar-refractivity contribution >= 4 is 16.9 Å². The van der Waals surface area contributed by atoms with E-state index in [0.29, 0.717) is 17.1 Å². The van der Waals surface area contributed by atoms with Gasteiger partial charge in [0, 0.05) is 5.56 Å². The number of amides is 1. The van der Waals surface area contributed by atoms with Crippen LogP contribution in [0.3, 0.4) is 0 Å². The van der Waals surface area contributed by atoms with E-state index in [0.717, 1.165) is 11.0 Å². The monoisotopic (exact) mass is 377 g/mol. The summed E-state index contributed by atoms with van der Waals surface area (Å²) in [6.45, 7) is 4.04. The molecule has 142 valence electrons. The number of aromatic nitrogens is 2. The molecule has 0 aliphatic heterocycles. The van der Waals surface area contributed by atoms with Gasteiger partial charge in [-0.25, -0.2) is 9.37 Å². The van der Waals surface area contributed by atoms with Crippen molar-refractivity contribution in [1.82, 2.24) is 15.3 Å². The molecule has 2 N–H and O–H groups in total. The maximum absolute atomic E-state index is 13.1. The minimum atomic E-state index is -0.326. The summed E-state index contributed by atoms with van der Waals surface area (Å²) < 4.78 is 18.8. The highest BCUT2D eigenvalue weighted by atomic mass is 19.1. The summed E-state index contributed by atoms with van der Waals surface area (Å²) in [5.41, 5.74) is 2.49. The first kappa shape index (κ1) is 18.0. The average molecular weight is 377 g/mol. The lowest BCUT2D eigenvalue weighted by atomic mass is 10.0. The highest BCUT2D eigenvalue weighted by Gasteiger charge is 2.24. The summed E-state index contributed by atoms with van der Waals surface area (Å²) in [7, 11) is 0. The van der Waals surface area contributed by atoms with Crippen LogP contribution in [-0.4, -0.2) is 15.9 Å². The fraction of sp³-hybridized carbons (Fsp3) is 0.182. The molecule has 5 nitrogen and oxygen atoms in total. The zero-order chi connectivity index (χ0) is 19.7. The molecule has 1 atom stereocenters. The SMILES string of the molecule is CC(C)[C@H](NC(=O)c1ccc(-c2ccc(F)cc2)o1)c1nc2ccccc2[nH]1. The van der Waals surface area contributed by atoms with Gasteiger partial charge in [-0.05, 0) is 54.4 Å². The third-order valence-electron chi connectivity index (χ3n) is 4.61. The summed E-state index contributed by atoms with van der Waals surface area (Å²) >= 11 is 0. The highest BCUT2D eigenvalue weighted by molar-refractivity contribution is 5.92. The van der Waals surface area contributed by atoms with Crippen LogP contribution in [0, 0.1) is 11.7 Å². The lowest BCUT2D eigenvalue weighted by Gasteiger charge is -2.19. The van der Waals surface area contributed by atoms with Gasteiger partial charge >= 0.3 is 0 Å². The number of nitrogens with zero attached hydrogens (tertiary/aromatic N) is 1. The second-order valence-electron chi connectivity index (χ2n) is 7.01. The van der Waals surface area contributed by atoms with E-state index in [-0.39, 0.29) is 29.4 Å². The molecule has 0 bridgehead atoms. The number of aromatic amines is 1. The number of nitrogens with one attached hydrogen (secondary N) is 2. The zero-order valence-electron chi connectivity index (χ0n) is 15.6. The number of carbonyl (C=O) groups is 1. The smallest absolute Gasteiger partial charge is 0.287 e. The van der Waals surface area contributed by atoms with E-state index in [9.17, 15) is 9.18 Å². The summed E-state index contributed by atoms with van der Waals surface area (Å²) in [6.07, 6.45) is 0. The van der Waals surface area contributed by atoms with Crippen LogP contribution in [-0.2, 0) is 0 Å². The fourth-order valence-corrected chi connectivity index (χ4v) is 3.11. The minimum absolute atomic E-state index is 0.121. The predicted octanol–water partition coefficient (Wildman–Crippen LogP) is 5.09. The van der Waals surface area contributed by atoms with Crippen LogP contribution >= 0.6 is 0 Å². The molecule has 0 saturated heterocycles. The van der Waals surface area contributed by atoms with Gasteiger partial charge in [-0.15, -0.1) is 0 Å². The first-order valence-electron chi connectivity index (χ1n) is 9.12. The molecule has 0 aliphatic rings. The summed E-state index contributed by atoms with van der Waals surface area (Å²) in [5, 5.41) is 3.00. The normalized spacial score (nSPS) is 12.4. The fourth-order valence-electron chi connectivity index (χ4n) is 3.11. The molecule has 28 heavy (non-hydrogen) atoms. The number of hydrogen-bond acceptors (Lipinski definition) is 3. The Labute approximate surface area is 161 Å². The van der Waals surface area contributed by atoms with Gasteiger partial charge in [0.1, 0.15) is 17.4 Å². The maximum Gasteiger partial charge on any atom is 0.287 e. The Hall–Kier alpha value is -3.41. The Balaban J connectivity index is 1.56. The topological polar surface area (TPSA) is 70.9 Å². The average Bonchev–Trinajstić information content (AvgIpc) is 3.33. The highest BCUT2D eigenvalue weighted by Crippen LogP contribution is 2.25.